The van der Waals surface area contributed by atoms with E-state index in [1.165, 1.54) is 0 Å². The van der Waals surface area contributed by atoms with Crippen molar-refractivity contribution in [3.05, 3.63) is 65.2 Å². The zero-order chi connectivity index (χ0) is 13.0. The van der Waals surface area contributed by atoms with Crippen molar-refractivity contribution in [1.29, 1.82) is 0 Å². The van der Waals surface area contributed by atoms with Gasteiger partial charge in [-0.3, -0.25) is 4.72 Å². The first-order valence-electron chi connectivity index (χ1n) is 5.35. The first kappa shape index (κ1) is 12.9. The molecule has 0 radical (unpaired) electrons. The molecule has 2 aromatic rings. The highest BCUT2D eigenvalue weighted by molar-refractivity contribution is 7.91. The third kappa shape index (κ3) is 3.75. The van der Waals surface area contributed by atoms with Gasteiger partial charge in [0.25, 0.3) is 0 Å². The maximum atomic E-state index is 11.9. The van der Waals surface area contributed by atoms with Crippen LogP contribution in [-0.4, -0.2) is 8.42 Å². The zero-order valence-electron chi connectivity index (χ0n) is 9.51. The lowest BCUT2D eigenvalue weighted by Crippen LogP contribution is -2.14. The van der Waals surface area contributed by atoms with Gasteiger partial charge >= 0.3 is 0 Å². The average Bonchev–Trinajstić information content (AvgIpc) is 2.32. The van der Waals surface area contributed by atoms with Gasteiger partial charge in [-0.05, 0) is 29.8 Å². The van der Waals surface area contributed by atoms with Gasteiger partial charge < -0.3 is 0 Å². The predicted molar refractivity (Wildman–Crippen MR) is 74.1 cm³/mol. The molecule has 0 fully saturated rings. The number of sulfonamides is 1. The second kappa shape index (κ2) is 5.42. The van der Waals surface area contributed by atoms with E-state index in [0.717, 1.165) is 0 Å². The Hall–Kier alpha value is -1.52. The van der Waals surface area contributed by atoms with Crippen LogP contribution >= 0.6 is 11.6 Å². The smallest absolute Gasteiger partial charge is 0.236 e. The molecule has 0 unspecified atom stereocenters. The van der Waals surface area contributed by atoms with Gasteiger partial charge in [0.2, 0.25) is 10.0 Å². The summed E-state index contributed by atoms with van der Waals surface area (Å²) in [6.45, 7) is 0. The summed E-state index contributed by atoms with van der Waals surface area (Å²) in [5.41, 5.74) is 1.26. The molecule has 18 heavy (non-hydrogen) atoms. The van der Waals surface area contributed by atoms with Crippen molar-refractivity contribution in [3.8, 4) is 0 Å². The van der Waals surface area contributed by atoms with Gasteiger partial charge in [0.05, 0.1) is 5.75 Å². The summed E-state index contributed by atoms with van der Waals surface area (Å²) in [6, 6.07) is 15.6. The van der Waals surface area contributed by atoms with E-state index in [1.807, 2.05) is 6.07 Å². The number of nitrogens with one attached hydrogen (secondary N) is 1. The Labute approximate surface area is 111 Å². The number of halogens is 1. The summed E-state index contributed by atoms with van der Waals surface area (Å²) in [5.74, 6) is -0.0704. The van der Waals surface area contributed by atoms with Crippen molar-refractivity contribution in [2.45, 2.75) is 5.75 Å². The monoisotopic (exact) mass is 281 g/mol. The number of para-hydroxylation sites is 1. The van der Waals surface area contributed by atoms with Crippen molar-refractivity contribution in [2.24, 2.45) is 0 Å². The molecule has 5 heteroatoms. The van der Waals surface area contributed by atoms with Crippen LogP contribution in [0, 0.1) is 0 Å². The SMILES string of the molecule is O=S(=O)(Cc1ccc(Cl)cc1)Nc1ccccc1. The Morgan fingerprint density at radius 1 is 0.944 bits per heavy atom. The maximum Gasteiger partial charge on any atom is 0.236 e. The van der Waals surface area contributed by atoms with E-state index in [0.29, 0.717) is 16.3 Å². The number of hydrogen-bond acceptors (Lipinski definition) is 2. The molecule has 0 amide bonds. The Bertz CT molecular complexity index is 609. The Morgan fingerprint density at radius 2 is 1.56 bits per heavy atom. The highest BCUT2D eigenvalue weighted by atomic mass is 35.5. The molecular formula is C13H12ClNO2S. The van der Waals surface area contributed by atoms with Crippen molar-refractivity contribution in [3.63, 3.8) is 0 Å². The maximum absolute atomic E-state index is 11.9. The zero-order valence-corrected chi connectivity index (χ0v) is 11.1. The minimum atomic E-state index is -3.39. The summed E-state index contributed by atoms with van der Waals surface area (Å²) >= 11 is 5.75. The number of rotatable bonds is 4. The third-order valence-electron chi connectivity index (χ3n) is 2.32. The van der Waals surface area contributed by atoms with Crippen LogP contribution < -0.4 is 4.72 Å². The lowest BCUT2D eigenvalue weighted by Gasteiger charge is -2.07. The lowest BCUT2D eigenvalue weighted by atomic mass is 10.2. The van der Waals surface area contributed by atoms with Crippen LogP contribution in [0.25, 0.3) is 0 Å². The van der Waals surface area contributed by atoms with E-state index in [-0.39, 0.29) is 5.75 Å². The quantitative estimate of drug-likeness (QED) is 0.935. The van der Waals surface area contributed by atoms with Gasteiger partial charge in [0, 0.05) is 10.7 Å². The fourth-order valence-corrected chi connectivity index (χ4v) is 2.85. The van der Waals surface area contributed by atoms with Gasteiger partial charge in [-0.25, -0.2) is 8.42 Å². The van der Waals surface area contributed by atoms with E-state index in [4.69, 9.17) is 11.6 Å². The molecule has 0 aliphatic carbocycles. The van der Waals surface area contributed by atoms with Gasteiger partial charge in [-0.15, -0.1) is 0 Å². The molecule has 0 atom stereocenters. The second-order valence-electron chi connectivity index (χ2n) is 3.85. The standard InChI is InChI=1S/C13H12ClNO2S/c14-12-8-6-11(7-9-12)10-18(16,17)15-13-4-2-1-3-5-13/h1-9,15H,10H2. The normalized spacial score (nSPS) is 11.2. The molecule has 0 aliphatic rings. The molecule has 1 N–H and O–H groups in total. The van der Waals surface area contributed by atoms with E-state index in [2.05, 4.69) is 4.72 Å². The minimum Gasteiger partial charge on any atom is -0.283 e. The Kier molecular flexibility index (Phi) is 3.89. The highest BCUT2D eigenvalue weighted by Gasteiger charge is 2.11. The van der Waals surface area contributed by atoms with Crippen LogP contribution in [0.3, 0.4) is 0 Å². The second-order valence-corrected chi connectivity index (χ2v) is 6.01. The fraction of sp³-hybridized carbons (Fsp3) is 0.0769. The van der Waals surface area contributed by atoms with Crippen LogP contribution in [0.4, 0.5) is 5.69 Å². The van der Waals surface area contributed by atoms with Crippen molar-refractivity contribution in [1.82, 2.24) is 0 Å². The van der Waals surface area contributed by atoms with Crippen LogP contribution in [-0.2, 0) is 15.8 Å². The predicted octanol–water partition coefficient (Wildman–Crippen LogP) is 3.28. The van der Waals surface area contributed by atoms with Crippen LogP contribution in [0.5, 0.6) is 0 Å². The molecule has 0 heterocycles. The molecule has 3 nitrogen and oxygen atoms in total. The molecule has 94 valence electrons. The topological polar surface area (TPSA) is 46.2 Å². The van der Waals surface area contributed by atoms with Crippen molar-refractivity contribution < 1.29 is 8.42 Å². The molecule has 0 bridgehead atoms. The van der Waals surface area contributed by atoms with E-state index in [1.54, 1.807) is 48.5 Å². The molecule has 0 saturated carbocycles. The third-order valence-corrected chi connectivity index (χ3v) is 3.83. The summed E-state index contributed by atoms with van der Waals surface area (Å²) in [6.07, 6.45) is 0. The van der Waals surface area contributed by atoms with E-state index in [9.17, 15) is 8.42 Å². The number of hydrogen-bond donors (Lipinski definition) is 1. The van der Waals surface area contributed by atoms with E-state index >= 15 is 0 Å². The lowest BCUT2D eigenvalue weighted by molar-refractivity contribution is 0.600. The Morgan fingerprint density at radius 3 is 2.17 bits per heavy atom. The summed E-state index contributed by atoms with van der Waals surface area (Å²) in [5, 5.41) is 0.590. The summed E-state index contributed by atoms with van der Waals surface area (Å²) < 4.78 is 26.3. The van der Waals surface area contributed by atoms with E-state index < -0.39 is 10.0 Å². The minimum absolute atomic E-state index is 0.0704. The first-order chi connectivity index (χ1) is 8.55. The van der Waals surface area contributed by atoms with Crippen LogP contribution in [0.1, 0.15) is 5.56 Å². The fourth-order valence-electron chi connectivity index (χ4n) is 1.52. The van der Waals surface area contributed by atoms with Crippen LogP contribution in [0.2, 0.25) is 5.02 Å². The highest BCUT2D eigenvalue weighted by Crippen LogP contribution is 2.14. The largest absolute Gasteiger partial charge is 0.283 e. The van der Waals surface area contributed by atoms with Gasteiger partial charge in [-0.2, -0.15) is 0 Å². The molecule has 2 rings (SSSR count). The number of benzene rings is 2. The first-order valence-corrected chi connectivity index (χ1v) is 7.38. The molecule has 0 spiro atoms. The Balaban J connectivity index is 2.10. The molecular weight excluding hydrogens is 270 g/mol. The molecule has 2 aromatic carbocycles. The van der Waals surface area contributed by atoms with Gasteiger partial charge in [0.15, 0.2) is 0 Å². The molecule has 0 aromatic heterocycles. The van der Waals surface area contributed by atoms with Crippen molar-refractivity contribution in [2.75, 3.05) is 4.72 Å². The molecule has 0 saturated heterocycles. The van der Waals surface area contributed by atoms with Gasteiger partial charge in [0.1, 0.15) is 0 Å². The van der Waals surface area contributed by atoms with Gasteiger partial charge in [-0.1, -0.05) is 41.9 Å². The van der Waals surface area contributed by atoms with Crippen molar-refractivity contribution >= 4 is 27.3 Å². The summed E-state index contributed by atoms with van der Waals surface area (Å²) in [7, 11) is -3.39. The summed E-state index contributed by atoms with van der Waals surface area (Å²) in [4.78, 5) is 0. The number of anilines is 1. The van der Waals surface area contributed by atoms with Crippen LogP contribution in [0.15, 0.2) is 54.6 Å². The average molecular weight is 282 g/mol. The molecule has 0 aliphatic heterocycles.